The van der Waals surface area contributed by atoms with Crippen LogP contribution in [-0.4, -0.2) is 36.6 Å². The van der Waals surface area contributed by atoms with Gasteiger partial charge in [0.25, 0.3) is 5.56 Å². The molecule has 166 valence electrons. The monoisotopic (exact) mass is 430 g/mol. The minimum absolute atomic E-state index is 0.122. The number of rotatable bonds is 6. The fraction of sp³-hybridized carbons (Fsp3) is 0.360. The van der Waals surface area contributed by atoms with E-state index in [1.807, 2.05) is 48.0 Å². The number of hydrogen-bond donors (Lipinski definition) is 1. The summed E-state index contributed by atoms with van der Waals surface area (Å²) in [7, 11) is 0. The molecule has 4 aromatic rings. The number of nitrogens with zero attached hydrogens (tertiary/aromatic N) is 5. The van der Waals surface area contributed by atoms with Crippen LogP contribution in [0.4, 0.5) is 0 Å². The van der Waals surface area contributed by atoms with Gasteiger partial charge in [0.15, 0.2) is 5.82 Å². The maximum absolute atomic E-state index is 13.4. The highest BCUT2D eigenvalue weighted by atomic mass is 16.1. The van der Waals surface area contributed by atoms with Crippen molar-refractivity contribution >= 4 is 10.9 Å². The molecule has 2 aromatic carbocycles. The number of aryl methyl sites for hydroxylation is 1. The first-order valence-electron chi connectivity index (χ1n) is 11.0. The van der Waals surface area contributed by atoms with Crippen LogP contribution in [0.5, 0.6) is 0 Å². The molecule has 0 amide bonds. The summed E-state index contributed by atoms with van der Waals surface area (Å²) in [6.07, 6.45) is 0. The summed E-state index contributed by atoms with van der Waals surface area (Å²) in [6, 6.07) is 17.9. The first-order valence-corrected chi connectivity index (χ1v) is 11.0. The third kappa shape index (κ3) is 4.34. The molecule has 0 radical (unpaired) electrons. The normalized spacial score (nSPS) is 13.1. The van der Waals surface area contributed by atoms with E-state index in [9.17, 15) is 4.79 Å². The predicted molar refractivity (Wildman–Crippen MR) is 126 cm³/mol. The predicted octanol–water partition coefficient (Wildman–Crippen LogP) is 4.19. The molecule has 0 bridgehead atoms. The highest BCUT2D eigenvalue weighted by molar-refractivity contribution is 5.79. The summed E-state index contributed by atoms with van der Waals surface area (Å²) < 4.78 is 1.82. The van der Waals surface area contributed by atoms with Crippen LogP contribution in [0.3, 0.4) is 0 Å². The largest absolute Gasteiger partial charge is 0.322 e. The number of benzene rings is 2. The highest BCUT2D eigenvalue weighted by Crippen LogP contribution is 2.30. The van der Waals surface area contributed by atoms with Gasteiger partial charge in [-0.25, -0.2) is 4.68 Å². The molecule has 0 fully saturated rings. The van der Waals surface area contributed by atoms with Gasteiger partial charge >= 0.3 is 0 Å². The van der Waals surface area contributed by atoms with Crippen LogP contribution < -0.4 is 5.56 Å². The van der Waals surface area contributed by atoms with Crippen LogP contribution in [0.2, 0.25) is 0 Å². The van der Waals surface area contributed by atoms with Crippen molar-refractivity contribution in [3.8, 4) is 0 Å². The second-order valence-corrected chi connectivity index (χ2v) is 9.22. The van der Waals surface area contributed by atoms with Gasteiger partial charge in [-0.05, 0) is 73.3 Å². The van der Waals surface area contributed by atoms with Gasteiger partial charge in [0.1, 0.15) is 6.04 Å². The molecule has 0 aliphatic heterocycles. The number of hydrogen-bond acceptors (Lipinski definition) is 5. The second kappa shape index (κ2) is 8.67. The maximum atomic E-state index is 13.4. The molecule has 4 rings (SSSR count). The maximum Gasteiger partial charge on any atom is 0.253 e. The van der Waals surface area contributed by atoms with E-state index >= 15 is 0 Å². The van der Waals surface area contributed by atoms with Crippen molar-refractivity contribution in [2.45, 2.75) is 52.7 Å². The fourth-order valence-corrected chi connectivity index (χ4v) is 4.08. The SMILES string of the molecule is CCN(Cc1ccccc1)[C@@H](c1cc2ccc(C)cc2[nH]c1=O)c1nnnn1C(C)(C)C. The van der Waals surface area contributed by atoms with Crippen molar-refractivity contribution in [2.75, 3.05) is 6.54 Å². The van der Waals surface area contributed by atoms with Crippen LogP contribution in [0, 0.1) is 6.92 Å². The smallest absolute Gasteiger partial charge is 0.253 e. The zero-order valence-corrected chi connectivity index (χ0v) is 19.3. The van der Waals surface area contributed by atoms with Gasteiger partial charge in [0.05, 0.1) is 5.54 Å². The van der Waals surface area contributed by atoms with E-state index in [4.69, 9.17) is 0 Å². The third-order valence-corrected chi connectivity index (χ3v) is 5.70. The van der Waals surface area contributed by atoms with Crippen molar-refractivity contribution in [3.63, 3.8) is 0 Å². The Morgan fingerprint density at radius 3 is 2.53 bits per heavy atom. The minimum Gasteiger partial charge on any atom is -0.322 e. The second-order valence-electron chi connectivity index (χ2n) is 9.22. The molecule has 0 spiro atoms. The molecular weight excluding hydrogens is 400 g/mol. The molecule has 7 nitrogen and oxygen atoms in total. The molecule has 7 heteroatoms. The number of aromatic nitrogens is 5. The Hall–Kier alpha value is -3.32. The van der Waals surface area contributed by atoms with E-state index in [2.05, 4.69) is 71.3 Å². The van der Waals surface area contributed by atoms with E-state index in [0.29, 0.717) is 17.9 Å². The Balaban J connectivity index is 1.91. The Labute approximate surface area is 188 Å². The first kappa shape index (κ1) is 21.9. The van der Waals surface area contributed by atoms with Crippen LogP contribution in [0.15, 0.2) is 59.4 Å². The number of aromatic amines is 1. The molecule has 0 aliphatic rings. The lowest BCUT2D eigenvalue weighted by Gasteiger charge is -2.32. The Morgan fingerprint density at radius 1 is 1.09 bits per heavy atom. The topological polar surface area (TPSA) is 79.7 Å². The fourth-order valence-electron chi connectivity index (χ4n) is 4.08. The third-order valence-electron chi connectivity index (χ3n) is 5.70. The lowest BCUT2D eigenvalue weighted by molar-refractivity contribution is 0.202. The number of pyridine rings is 1. The van der Waals surface area contributed by atoms with Gasteiger partial charge in [0.2, 0.25) is 0 Å². The van der Waals surface area contributed by atoms with E-state index in [-0.39, 0.29) is 11.1 Å². The lowest BCUT2D eigenvalue weighted by atomic mass is 10.0. The lowest BCUT2D eigenvalue weighted by Crippen LogP contribution is -2.37. The Kier molecular flexibility index (Phi) is 5.93. The number of fused-ring (bicyclic) bond motifs is 1. The molecule has 2 aromatic heterocycles. The Morgan fingerprint density at radius 2 is 1.84 bits per heavy atom. The van der Waals surface area contributed by atoms with Gasteiger partial charge in [-0.3, -0.25) is 9.69 Å². The van der Waals surface area contributed by atoms with Crippen LogP contribution in [0.25, 0.3) is 10.9 Å². The van der Waals surface area contributed by atoms with Gasteiger partial charge in [-0.1, -0.05) is 49.4 Å². The van der Waals surface area contributed by atoms with Crippen LogP contribution in [-0.2, 0) is 12.1 Å². The van der Waals surface area contributed by atoms with Gasteiger partial charge in [0, 0.05) is 17.6 Å². The van der Waals surface area contributed by atoms with Gasteiger partial charge in [-0.15, -0.1) is 5.10 Å². The first-order chi connectivity index (χ1) is 15.3. The van der Waals surface area contributed by atoms with Crippen molar-refractivity contribution in [3.05, 3.63) is 87.5 Å². The van der Waals surface area contributed by atoms with Crippen molar-refractivity contribution in [2.24, 2.45) is 0 Å². The van der Waals surface area contributed by atoms with E-state index in [1.54, 1.807) is 0 Å². The van der Waals surface area contributed by atoms with Gasteiger partial charge < -0.3 is 4.98 Å². The summed E-state index contributed by atoms with van der Waals surface area (Å²) in [5.74, 6) is 0.659. The van der Waals surface area contributed by atoms with Crippen molar-refractivity contribution in [1.29, 1.82) is 0 Å². The summed E-state index contributed by atoms with van der Waals surface area (Å²) in [5, 5.41) is 13.7. The Bertz CT molecular complexity index is 1270. The zero-order valence-electron chi connectivity index (χ0n) is 19.3. The number of tetrazole rings is 1. The number of nitrogens with one attached hydrogen (secondary N) is 1. The average Bonchev–Trinajstić information content (AvgIpc) is 3.24. The summed E-state index contributed by atoms with van der Waals surface area (Å²) in [6.45, 7) is 11.7. The van der Waals surface area contributed by atoms with Crippen molar-refractivity contribution < 1.29 is 0 Å². The molecular formula is C25H30N6O. The minimum atomic E-state index is -0.399. The average molecular weight is 431 g/mol. The molecule has 1 atom stereocenters. The molecule has 32 heavy (non-hydrogen) atoms. The van der Waals surface area contributed by atoms with Crippen LogP contribution in [0.1, 0.15) is 56.3 Å². The van der Waals surface area contributed by atoms with E-state index in [1.165, 1.54) is 5.56 Å². The molecule has 0 saturated carbocycles. The quantitative estimate of drug-likeness (QED) is 0.496. The van der Waals surface area contributed by atoms with Gasteiger partial charge in [-0.2, -0.15) is 0 Å². The molecule has 2 heterocycles. The highest BCUT2D eigenvalue weighted by Gasteiger charge is 2.32. The van der Waals surface area contributed by atoms with Crippen LogP contribution >= 0.6 is 0 Å². The zero-order chi connectivity index (χ0) is 22.9. The summed E-state index contributed by atoms with van der Waals surface area (Å²) >= 11 is 0. The molecule has 1 N–H and O–H groups in total. The number of H-pyrrole nitrogens is 1. The van der Waals surface area contributed by atoms with Crippen molar-refractivity contribution in [1.82, 2.24) is 30.1 Å². The van der Waals surface area contributed by atoms with E-state index < -0.39 is 6.04 Å². The standard InChI is InChI=1S/C25H30N6O/c1-6-30(16-18-10-8-7-9-11-18)22(23-27-28-29-31(23)25(3,4)5)20-15-19-13-12-17(2)14-21(19)26-24(20)32/h7-15,22H,6,16H2,1-5H3,(H,26,32)/t22-/m0/s1. The molecule has 0 saturated heterocycles. The molecule has 0 unspecified atom stereocenters. The van der Waals surface area contributed by atoms with E-state index in [0.717, 1.165) is 23.0 Å². The molecule has 0 aliphatic carbocycles. The summed E-state index contributed by atoms with van der Waals surface area (Å²) in [4.78, 5) is 18.7. The summed E-state index contributed by atoms with van der Waals surface area (Å²) in [5.41, 5.74) is 3.29.